The van der Waals surface area contributed by atoms with Gasteiger partial charge in [-0.15, -0.1) is 0 Å². The summed E-state index contributed by atoms with van der Waals surface area (Å²) in [6, 6.07) is 11.6. The molecule has 0 aliphatic heterocycles. The number of nitrogens with zero attached hydrogens (tertiary/aromatic N) is 1. The number of aromatic carboxylic acids is 1. The molecule has 0 saturated carbocycles. The molecule has 20 heavy (non-hydrogen) atoms. The highest BCUT2D eigenvalue weighted by molar-refractivity contribution is 6.31. The molecule has 4 nitrogen and oxygen atoms in total. The number of halogens is 1. The van der Waals surface area contributed by atoms with Gasteiger partial charge in [0.1, 0.15) is 23.1 Å². The predicted molar refractivity (Wildman–Crippen MR) is 74.4 cm³/mol. The van der Waals surface area contributed by atoms with Crippen molar-refractivity contribution >= 4 is 17.6 Å². The number of carbonyl (C=O) groups is 1. The van der Waals surface area contributed by atoms with Gasteiger partial charge in [0.15, 0.2) is 0 Å². The fourth-order valence-corrected chi connectivity index (χ4v) is 1.98. The number of hydrogen-bond acceptors (Lipinski definition) is 3. The van der Waals surface area contributed by atoms with Gasteiger partial charge < -0.3 is 9.84 Å². The zero-order valence-corrected chi connectivity index (χ0v) is 11.3. The van der Waals surface area contributed by atoms with E-state index in [9.17, 15) is 4.79 Å². The molecule has 0 unspecified atom stereocenters. The standard InChI is InChI=1S/C15H10ClNO3/c1-9-10(15(18)19)4-2-6-13(9)20-14-7-3-5-12(16)11(14)8-17/h2-7H,1H3,(H,18,19). The van der Waals surface area contributed by atoms with Crippen molar-refractivity contribution in [1.82, 2.24) is 0 Å². The lowest BCUT2D eigenvalue weighted by Crippen LogP contribution is -2.01. The number of benzene rings is 2. The molecule has 100 valence electrons. The molecule has 0 aliphatic carbocycles. The van der Waals surface area contributed by atoms with Crippen LogP contribution in [0.1, 0.15) is 21.5 Å². The second kappa shape index (κ2) is 5.64. The van der Waals surface area contributed by atoms with Gasteiger partial charge in [-0.25, -0.2) is 4.79 Å². The highest BCUT2D eigenvalue weighted by atomic mass is 35.5. The van der Waals surface area contributed by atoms with Crippen molar-refractivity contribution in [1.29, 1.82) is 5.26 Å². The summed E-state index contributed by atoms with van der Waals surface area (Å²) in [5, 5.41) is 18.4. The lowest BCUT2D eigenvalue weighted by Gasteiger charge is -2.12. The van der Waals surface area contributed by atoms with Crippen molar-refractivity contribution in [3.8, 4) is 17.6 Å². The van der Waals surface area contributed by atoms with Crippen molar-refractivity contribution < 1.29 is 14.6 Å². The lowest BCUT2D eigenvalue weighted by atomic mass is 10.1. The van der Waals surface area contributed by atoms with E-state index >= 15 is 0 Å². The van der Waals surface area contributed by atoms with Crippen LogP contribution in [0.15, 0.2) is 36.4 Å². The number of hydrogen-bond donors (Lipinski definition) is 1. The van der Waals surface area contributed by atoms with Crippen LogP contribution in [0.25, 0.3) is 0 Å². The number of ether oxygens (including phenoxy) is 1. The van der Waals surface area contributed by atoms with Gasteiger partial charge in [-0.05, 0) is 31.2 Å². The lowest BCUT2D eigenvalue weighted by molar-refractivity contribution is 0.0695. The van der Waals surface area contributed by atoms with Crippen LogP contribution in [0.2, 0.25) is 5.02 Å². The van der Waals surface area contributed by atoms with Crippen LogP contribution < -0.4 is 4.74 Å². The van der Waals surface area contributed by atoms with Crippen LogP contribution in [-0.4, -0.2) is 11.1 Å². The molecule has 0 aliphatic rings. The van der Waals surface area contributed by atoms with Crippen LogP contribution in [0, 0.1) is 18.3 Å². The Balaban J connectivity index is 2.47. The Morgan fingerprint density at radius 3 is 2.55 bits per heavy atom. The number of nitriles is 1. The fraction of sp³-hybridized carbons (Fsp3) is 0.0667. The van der Waals surface area contributed by atoms with Crippen LogP contribution in [0.4, 0.5) is 0 Å². The van der Waals surface area contributed by atoms with Crippen molar-refractivity contribution in [3.63, 3.8) is 0 Å². The molecular formula is C15H10ClNO3. The smallest absolute Gasteiger partial charge is 0.336 e. The number of rotatable bonds is 3. The highest BCUT2D eigenvalue weighted by Crippen LogP contribution is 2.32. The third kappa shape index (κ3) is 2.58. The van der Waals surface area contributed by atoms with Crippen molar-refractivity contribution in [2.45, 2.75) is 6.92 Å². The molecule has 0 fully saturated rings. The minimum atomic E-state index is -1.03. The summed E-state index contributed by atoms with van der Waals surface area (Å²) < 4.78 is 5.63. The van der Waals surface area contributed by atoms with Crippen molar-refractivity contribution in [2.24, 2.45) is 0 Å². The monoisotopic (exact) mass is 287 g/mol. The van der Waals surface area contributed by atoms with Crippen LogP contribution in [0.5, 0.6) is 11.5 Å². The summed E-state index contributed by atoms with van der Waals surface area (Å²) in [7, 11) is 0. The average Bonchev–Trinajstić information content (AvgIpc) is 2.41. The first-order valence-corrected chi connectivity index (χ1v) is 6.11. The van der Waals surface area contributed by atoms with E-state index in [0.717, 1.165) is 0 Å². The summed E-state index contributed by atoms with van der Waals surface area (Å²) in [6.45, 7) is 1.65. The molecular weight excluding hydrogens is 278 g/mol. The van der Waals surface area contributed by atoms with Gasteiger partial charge in [0.25, 0.3) is 0 Å². The summed E-state index contributed by atoms with van der Waals surface area (Å²) >= 11 is 5.92. The maximum atomic E-state index is 11.1. The SMILES string of the molecule is Cc1c(Oc2cccc(Cl)c2C#N)cccc1C(=O)O. The minimum absolute atomic E-state index is 0.156. The first-order chi connectivity index (χ1) is 9.54. The molecule has 0 spiro atoms. The molecule has 0 aromatic heterocycles. The molecule has 1 N–H and O–H groups in total. The van der Waals surface area contributed by atoms with Crippen LogP contribution in [-0.2, 0) is 0 Å². The van der Waals surface area contributed by atoms with Gasteiger partial charge in [0.05, 0.1) is 10.6 Å². The van der Waals surface area contributed by atoms with Gasteiger partial charge in [0.2, 0.25) is 0 Å². The summed E-state index contributed by atoms with van der Waals surface area (Å²) in [5.41, 5.74) is 0.862. The average molecular weight is 288 g/mol. The zero-order valence-electron chi connectivity index (χ0n) is 10.6. The second-order valence-corrected chi connectivity index (χ2v) is 4.47. The molecule has 0 heterocycles. The first-order valence-electron chi connectivity index (χ1n) is 5.74. The van der Waals surface area contributed by atoms with E-state index < -0.39 is 5.97 Å². The Morgan fingerprint density at radius 1 is 1.25 bits per heavy atom. The summed E-state index contributed by atoms with van der Waals surface area (Å²) in [5.74, 6) is -0.353. The molecule has 0 saturated heterocycles. The quantitative estimate of drug-likeness (QED) is 0.926. The summed E-state index contributed by atoms with van der Waals surface area (Å²) in [4.78, 5) is 11.1. The van der Waals surface area contributed by atoms with E-state index in [-0.39, 0.29) is 16.1 Å². The Bertz CT molecular complexity index is 720. The molecule has 2 aromatic carbocycles. The maximum Gasteiger partial charge on any atom is 0.336 e. The summed E-state index contributed by atoms with van der Waals surface area (Å²) in [6.07, 6.45) is 0. The van der Waals surface area contributed by atoms with Gasteiger partial charge in [-0.3, -0.25) is 0 Å². The molecule has 2 rings (SSSR count). The Kier molecular flexibility index (Phi) is 3.92. The molecule has 0 radical (unpaired) electrons. The predicted octanol–water partition coefficient (Wildman–Crippen LogP) is 4.01. The van der Waals surface area contributed by atoms with Gasteiger partial charge in [-0.1, -0.05) is 23.7 Å². The maximum absolute atomic E-state index is 11.1. The first kappa shape index (κ1) is 13.9. The third-order valence-corrected chi connectivity index (χ3v) is 3.14. The van der Waals surface area contributed by atoms with Gasteiger partial charge in [-0.2, -0.15) is 5.26 Å². The van der Waals surface area contributed by atoms with Crippen molar-refractivity contribution in [3.05, 3.63) is 58.1 Å². The van der Waals surface area contributed by atoms with E-state index in [1.165, 1.54) is 6.07 Å². The minimum Gasteiger partial charge on any atom is -0.478 e. The van der Waals surface area contributed by atoms with Crippen LogP contribution >= 0.6 is 11.6 Å². The zero-order chi connectivity index (χ0) is 14.7. The third-order valence-electron chi connectivity index (χ3n) is 2.82. The Morgan fingerprint density at radius 2 is 1.90 bits per heavy atom. The largest absolute Gasteiger partial charge is 0.478 e. The second-order valence-electron chi connectivity index (χ2n) is 4.06. The van der Waals surface area contributed by atoms with E-state index in [2.05, 4.69) is 0 Å². The number of carboxylic acid groups (broad SMARTS) is 1. The van der Waals surface area contributed by atoms with Crippen molar-refractivity contribution in [2.75, 3.05) is 0 Å². The normalized spacial score (nSPS) is 9.85. The van der Waals surface area contributed by atoms with E-state index in [0.29, 0.717) is 17.1 Å². The fourth-order valence-electron chi connectivity index (χ4n) is 1.77. The topological polar surface area (TPSA) is 70.3 Å². The highest BCUT2D eigenvalue weighted by Gasteiger charge is 2.14. The van der Waals surface area contributed by atoms with Crippen LogP contribution in [0.3, 0.4) is 0 Å². The van der Waals surface area contributed by atoms with Gasteiger partial charge in [0, 0.05) is 5.56 Å². The van der Waals surface area contributed by atoms with E-state index in [1.807, 2.05) is 6.07 Å². The Hall–Kier alpha value is -2.51. The molecule has 0 atom stereocenters. The molecule has 2 aromatic rings. The van der Waals surface area contributed by atoms with Gasteiger partial charge >= 0.3 is 5.97 Å². The number of carboxylic acids is 1. The molecule has 0 amide bonds. The Labute approximate surface area is 120 Å². The molecule has 0 bridgehead atoms. The van der Waals surface area contributed by atoms with E-state index in [1.54, 1.807) is 37.3 Å². The van der Waals surface area contributed by atoms with E-state index in [4.69, 9.17) is 26.7 Å². The molecule has 5 heteroatoms.